The van der Waals surface area contributed by atoms with Crippen molar-refractivity contribution in [3.8, 4) is 11.5 Å². The van der Waals surface area contributed by atoms with Crippen molar-refractivity contribution in [1.29, 1.82) is 0 Å². The van der Waals surface area contributed by atoms with E-state index in [1.807, 2.05) is 19.1 Å². The summed E-state index contributed by atoms with van der Waals surface area (Å²) in [7, 11) is -2.10. The second-order valence-corrected chi connectivity index (χ2v) is 10.7. The molecule has 2 aromatic rings. The molecule has 1 aliphatic heterocycles. The third kappa shape index (κ3) is 6.82. The van der Waals surface area contributed by atoms with Gasteiger partial charge in [0, 0.05) is 37.6 Å². The lowest BCUT2D eigenvalue weighted by molar-refractivity contribution is -0.141. The first kappa shape index (κ1) is 27.6. The summed E-state index contributed by atoms with van der Waals surface area (Å²) in [5, 5.41) is 3.12. The highest BCUT2D eigenvalue weighted by molar-refractivity contribution is 7.92. The van der Waals surface area contributed by atoms with E-state index in [-0.39, 0.29) is 37.7 Å². The van der Waals surface area contributed by atoms with Crippen molar-refractivity contribution in [3.63, 3.8) is 0 Å². The van der Waals surface area contributed by atoms with E-state index in [4.69, 9.17) is 21.1 Å². The van der Waals surface area contributed by atoms with E-state index in [9.17, 15) is 18.0 Å². The van der Waals surface area contributed by atoms with Gasteiger partial charge in [-0.25, -0.2) is 8.42 Å². The fourth-order valence-corrected chi connectivity index (χ4v) is 5.24. The second-order valence-electron chi connectivity index (χ2n) is 8.42. The minimum absolute atomic E-state index is 0.0501. The van der Waals surface area contributed by atoms with E-state index in [1.54, 1.807) is 30.3 Å². The van der Waals surface area contributed by atoms with E-state index in [1.165, 1.54) is 16.3 Å². The highest BCUT2D eigenvalue weighted by Gasteiger charge is 2.29. The number of carbonyl (C=O) groups excluding carboxylic acids is 2. The molecular formula is C25H32ClN3O6S. The number of hydrogen-bond acceptors (Lipinski definition) is 6. The number of anilines is 1. The number of carbonyl (C=O) groups is 2. The van der Waals surface area contributed by atoms with Gasteiger partial charge in [0.1, 0.15) is 19.3 Å². The van der Waals surface area contributed by atoms with Crippen LogP contribution in [-0.4, -0.2) is 64.2 Å². The lowest BCUT2D eigenvalue weighted by atomic mass is 10.1. The number of ether oxygens (including phenoxy) is 2. The molecule has 1 aliphatic rings. The topological polar surface area (TPSA) is 105 Å². The number of amides is 2. The predicted molar refractivity (Wildman–Crippen MR) is 139 cm³/mol. The number of hydrogen-bond donors (Lipinski definition) is 1. The maximum Gasteiger partial charge on any atom is 0.242 e. The molecule has 0 saturated carbocycles. The van der Waals surface area contributed by atoms with Crippen LogP contribution < -0.4 is 19.1 Å². The average molecular weight is 538 g/mol. The highest BCUT2D eigenvalue weighted by Crippen LogP contribution is 2.34. The van der Waals surface area contributed by atoms with Crippen LogP contribution in [0.4, 0.5) is 5.69 Å². The zero-order chi connectivity index (χ0) is 26.3. The Kier molecular flexibility index (Phi) is 9.44. The second kappa shape index (κ2) is 12.3. The van der Waals surface area contributed by atoms with Crippen LogP contribution in [0, 0.1) is 0 Å². The summed E-state index contributed by atoms with van der Waals surface area (Å²) in [6.45, 7) is 2.90. The molecule has 9 nitrogen and oxygen atoms in total. The Morgan fingerprint density at radius 3 is 2.44 bits per heavy atom. The van der Waals surface area contributed by atoms with Gasteiger partial charge in [-0.3, -0.25) is 13.9 Å². The van der Waals surface area contributed by atoms with Crippen molar-refractivity contribution in [1.82, 2.24) is 10.2 Å². The molecule has 2 amide bonds. The van der Waals surface area contributed by atoms with E-state index in [2.05, 4.69) is 5.32 Å². The number of nitrogens with one attached hydrogen (secondary N) is 1. The maximum atomic E-state index is 13.3. The third-order valence-electron chi connectivity index (χ3n) is 5.90. The Morgan fingerprint density at radius 1 is 1.11 bits per heavy atom. The molecule has 1 N–H and O–H groups in total. The largest absolute Gasteiger partial charge is 0.486 e. The quantitative estimate of drug-likeness (QED) is 0.472. The van der Waals surface area contributed by atoms with Gasteiger partial charge in [0.15, 0.2) is 11.5 Å². The molecule has 1 atom stereocenters. The predicted octanol–water partition coefficient (Wildman–Crippen LogP) is 3.21. The summed E-state index contributed by atoms with van der Waals surface area (Å²) < 4.78 is 37.5. The van der Waals surface area contributed by atoms with Gasteiger partial charge in [0.05, 0.1) is 11.9 Å². The van der Waals surface area contributed by atoms with Gasteiger partial charge >= 0.3 is 0 Å². The smallest absolute Gasteiger partial charge is 0.242 e. The molecule has 0 saturated heterocycles. The van der Waals surface area contributed by atoms with Crippen molar-refractivity contribution < 1.29 is 27.5 Å². The molecule has 11 heteroatoms. The number of halogens is 1. The third-order valence-corrected chi connectivity index (χ3v) is 7.46. The van der Waals surface area contributed by atoms with Gasteiger partial charge in [0.2, 0.25) is 21.8 Å². The van der Waals surface area contributed by atoms with Crippen LogP contribution in [0.3, 0.4) is 0 Å². The molecule has 1 heterocycles. The van der Waals surface area contributed by atoms with E-state index in [0.29, 0.717) is 41.8 Å². The number of benzene rings is 2. The molecule has 0 spiro atoms. The van der Waals surface area contributed by atoms with E-state index >= 15 is 0 Å². The van der Waals surface area contributed by atoms with Gasteiger partial charge in [-0.2, -0.15) is 0 Å². The number of nitrogens with zero attached hydrogens (tertiary/aromatic N) is 2. The first-order valence-corrected chi connectivity index (χ1v) is 14.0. The number of likely N-dealkylation sites (N-methyl/N-ethyl adjacent to an activating group) is 1. The van der Waals surface area contributed by atoms with E-state index < -0.39 is 16.1 Å². The zero-order valence-corrected chi connectivity index (χ0v) is 22.3. The van der Waals surface area contributed by atoms with E-state index in [0.717, 1.165) is 11.8 Å². The first-order valence-electron chi connectivity index (χ1n) is 11.8. The lowest BCUT2D eigenvalue weighted by Crippen LogP contribution is -2.48. The molecule has 0 fully saturated rings. The number of fused-ring (bicyclic) bond motifs is 1. The van der Waals surface area contributed by atoms with Crippen molar-refractivity contribution in [3.05, 3.63) is 53.1 Å². The van der Waals surface area contributed by atoms with Crippen LogP contribution in [0.5, 0.6) is 11.5 Å². The van der Waals surface area contributed by atoms with Crippen molar-refractivity contribution in [2.75, 3.05) is 37.4 Å². The Labute approximate surface area is 217 Å². The number of sulfonamides is 1. The Balaban J connectivity index is 1.76. The molecule has 0 radical (unpaired) electrons. The molecule has 0 bridgehead atoms. The van der Waals surface area contributed by atoms with Crippen LogP contribution >= 0.6 is 11.6 Å². The fraction of sp³-hybridized carbons (Fsp3) is 0.440. The Bertz CT molecular complexity index is 1190. The molecule has 1 unspecified atom stereocenters. The summed E-state index contributed by atoms with van der Waals surface area (Å²) in [6.07, 6.45) is 1.84. The summed E-state index contributed by atoms with van der Waals surface area (Å²) in [4.78, 5) is 27.4. The average Bonchev–Trinajstić information content (AvgIpc) is 2.86. The first-order chi connectivity index (χ1) is 17.2. The van der Waals surface area contributed by atoms with Crippen LogP contribution in [0.2, 0.25) is 5.02 Å². The van der Waals surface area contributed by atoms with Crippen molar-refractivity contribution >= 4 is 39.1 Å². The normalized spacial score (nSPS) is 13.6. The summed E-state index contributed by atoms with van der Waals surface area (Å²) in [6, 6.07) is 11.4. The van der Waals surface area contributed by atoms with Crippen molar-refractivity contribution in [2.45, 2.75) is 38.8 Å². The van der Waals surface area contributed by atoms with Gasteiger partial charge in [-0.1, -0.05) is 36.7 Å². The van der Waals surface area contributed by atoms with Gasteiger partial charge in [0.25, 0.3) is 0 Å². The highest BCUT2D eigenvalue weighted by atomic mass is 35.5. The monoisotopic (exact) mass is 537 g/mol. The lowest BCUT2D eigenvalue weighted by Gasteiger charge is -2.31. The van der Waals surface area contributed by atoms with Gasteiger partial charge in [-0.15, -0.1) is 0 Å². The summed E-state index contributed by atoms with van der Waals surface area (Å²) in [5.41, 5.74) is 1.16. The minimum atomic E-state index is -3.62. The minimum Gasteiger partial charge on any atom is -0.486 e. The van der Waals surface area contributed by atoms with Crippen LogP contribution in [0.1, 0.15) is 31.7 Å². The van der Waals surface area contributed by atoms with Crippen LogP contribution in [-0.2, 0) is 26.2 Å². The SMILES string of the molecule is CCC(C(=O)NC)N(Cc1ccccc1Cl)C(=O)CCCN(c1ccc2c(c1)OCCO2)S(C)(=O)=O. The fourth-order valence-electron chi connectivity index (χ4n) is 4.09. The molecular weight excluding hydrogens is 506 g/mol. The molecule has 0 aromatic heterocycles. The van der Waals surface area contributed by atoms with Gasteiger partial charge in [-0.05, 0) is 36.6 Å². The molecule has 36 heavy (non-hydrogen) atoms. The van der Waals surface area contributed by atoms with Crippen LogP contribution in [0.15, 0.2) is 42.5 Å². The maximum absolute atomic E-state index is 13.3. The van der Waals surface area contributed by atoms with Crippen LogP contribution in [0.25, 0.3) is 0 Å². The molecule has 196 valence electrons. The standard InChI is InChI=1S/C25H32ClN3O6S/c1-4-21(25(31)27-2)28(17-18-8-5-6-9-20(18)26)24(30)10-7-13-29(36(3,32)33)19-11-12-22-23(16-19)35-15-14-34-22/h5-6,8-9,11-12,16,21H,4,7,10,13-15,17H2,1-3H3,(H,27,31). The molecule has 3 rings (SSSR count). The Hall–Kier alpha value is -2.98. The zero-order valence-electron chi connectivity index (χ0n) is 20.7. The molecule has 2 aromatic carbocycles. The summed E-state index contributed by atoms with van der Waals surface area (Å²) >= 11 is 6.32. The summed E-state index contributed by atoms with van der Waals surface area (Å²) in [5.74, 6) is 0.502. The van der Waals surface area contributed by atoms with Crippen molar-refractivity contribution in [2.24, 2.45) is 0 Å². The number of rotatable bonds is 11. The molecule has 0 aliphatic carbocycles. The van der Waals surface area contributed by atoms with Gasteiger partial charge < -0.3 is 19.7 Å². The Morgan fingerprint density at radius 2 is 1.81 bits per heavy atom.